The summed E-state index contributed by atoms with van der Waals surface area (Å²) in [6.07, 6.45) is 1.82. The zero-order chi connectivity index (χ0) is 8.55. The third kappa shape index (κ3) is 0.881. The summed E-state index contributed by atoms with van der Waals surface area (Å²) in [5, 5.41) is 1.11. The Balaban J connectivity index is 2.78. The van der Waals surface area contributed by atoms with Gasteiger partial charge in [0, 0.05) is 28.7 Å². The van der Waals surface area contributed by atoms with Crippen LogP contribution in [0.25, 0.3) is 10.9 Å². The van der Waals surface area contributed by atoms with Crippen LogP contribution in [0.4, 0.5) is 0 Å². The van der Waals surface area contributed by atoms with Crippen LogP contribution in [0.2, 0.25) is 0 Å². The maximum absolute atomic E-state index is 5.19. The second kappa shape index (κ2) is 2.55. The Morgan fingerprint density at radius 2 is 2.25 bits per heavy atom. The molecular formula is C10H10NO. The molecule has 2 heteroatoms. The predicted octanol–water partition coefficient (Wildman–Crippen LogP) is 2.29. The van der Waals surface area contributed by atoms with Gasteiger partial charge in [-0.1, -0.05) is 0 Å². The van der Waals surface area contributed by atoms with Gasteiger partial charge in [-0.15, -0.1) is 0 Å². The molecule has 0 bridgehead atoms. The molecule has 1 radical (unpaired) electrons. The smallest absolute Gasteiger partial charge is 0.122 e. The molecule has 61 valence electrons. The molecule has 0 saturated carbocycles. The van der Waals surface area contributed by atoms with Crippen LogP contribution in [0.1, 0.15) is 5.56 Å². The number of aromatic amines is 1. The zero-order valence-electron chi connectivity index (χ0n) is 7.14. The van der Waals surface area contributed by atoms with Crippen LogP contribution < -0.4 is 4.74 Å². The summed E-state index contributed by atoms with van der Waals surface area (Å²) in [5.74, 6) is 0.915. The third-order valence-electron chi connectivity index (χ3n) is 2.08. The molecule has 0 aliphatic heterocycles. The van der Waals surface area contributed by atoms with E-state index in [1.807, 2.05) is 25.3 Å². The number of H-pyrrole nitrogens is 1. The highest BCUT2D eigenvalue weighted by Crippen LogP contribution is 2.25. The molecule has 0 aliphatic rings. The van der Waals surface area contributed by atoms with Gasteiger partial charge in [0.15, 0.2) is 0 Å². The molecule has 12 heavy (non-hydrogen) atoms. The topological polar surface area (TPSA) is 25.0 Å². The first-order valence-electron chi connectivity index (χ1n) is 3.85. The number of methoxy groups -OCH3 is 1. The highest BCUT2D eigenvalue weighted by atomic mass is 16.5. The lowest BCUT2D eigenvalue weighted by molar-refractivity contribution is 0.412. The summed E-state index contributed by atoms with van der Waals surface area (Å²) in [7, 11) is 1.68. The molecule has 0 unspecified atom stereocenters. The van der Waals surface area contributed by atoms with Gasteiger partial charge in [0.1, 0.15) is 5.75 Å². The minimum absolute atomic E-state index is 0.915. The first-order chi connectivity index (χ1) is 5.83. The summed E-state index contributed by atoms with van der Waals surface area (Å²) < 4.78 is 5.19. The maximum atomic E-state index is 5.19. The van der Waals surface area contributed by atoms with Gasteiger partial charge >= 0.3 is 0 Å². The van der Waals surface area contributed by atoms with Crippen molar-refractivity contribution >= 4 is 10.9 Å². The van der Waals surface area contributed by atoms with Crippen LogP contribution in [0.15, 0.2) is 18.3 Å². The Bertz CT molecular complexity index is 403. The Morgan fingerprint density at radius 3 is 3.00 bits per heavy atom. The van der Waals surface area contributed by atoms with Crippen molar-refractivity contribution in [2.45, 2.75) is 6.92 Å². The van der Waals surface area contributed by atoms with Crippen molar-refractivity contribution in [2.24, 2.45) is 0 Å². The van der Waals surface area contributed by atoms with Gasteiger partial charge in [-0.3, -0.25) is 0 Å². The van der Waals surface area contributed by atoms with Gasteiger partial charge in [0.05, 0.1) is 7.11 Å². The normalized spacial score (nSPS) is 10.5. The van der Waals surface area contributed by atoms with Gasteiger partial charge in [-0.05, 0) is 19.1 Å². The third-order valence-corrected chi connectivity index (χ3v) is 2.08. The number of hydrogen-bond donors (Lipinski definition) is 1. The average molecular weight is 160 g/mol. The fourth-order valence-corrected chi connectivity index (χ4v) is 1.41. The summed E-state index contributed by atoms with van der Waals surface area (Å²) in [4.78, 5) is 3.10. The molecule has 2 rings (SSSR count). The van der Waals surface area contributed by atoms with Crippen LogP contribution in [0.3, 0.4) is 0 Å². The van der Waals surface area contributed by atoms with Crippen molar-refractivity contribution in [2.75, 3.05) is 7.11 Å². The molecule has 1 aromatic carbocycles. The Kier molecular flexibility index (Phi) is 1.54. The highest BCUT2D eigenvalue weighted by molar-refractivity contribution is 5.84. The number of hydrogen-bond acceptors (Lipinski definition) is 1. The molecule has 1 heterocycles. The van der Waals surface area contributed by atoms with E-state index in [0.29, 0.717) is 0 Å². The Morgan fingerprint density at radius 1 is 1.42 bits per heavy atom. The minimum Gasteiger partial charge on any atom is -0.496 e. The lowest BCUT2D eigenvalue weighted by Gasteiger charge is -2.04. The summed E-state index contributed by atoms with van der Waals surface area (Å²) in [6.45, 7) is 2.03. The van der Waals surface area contributed by atoms with Crippen molar-refractivity contribution < 1.29 is 4.74 Å². The minimum atomic E-state index is 0.915. The lowest BCUT2D eigenvalue weighted by atomic mass is 10.1. The van der Waals surface area contributed by atoms with Crippen molar-refractivity contribution in [3.63, 3.8) is 0 Å². The average Bonchev–Trinajstić information content (AvgIpc) is 2.53. The van der Waals surface area contributed by atoms with Crippen molar-refractivity contribution in [1.29, 1.82) is 0 Å². The van der Waals surface area contributed by atoms with Crippen molar-refractivity contribution in [1.82, 2.24) is 4.98 Å². The van der Waals surface area contributed by atoms with E-state index in [2.05, 4.69) is 11.1 Å². The molecule has 0 spiro atoms. The molecule has 1 N–H and O–H groups in total. The van der Waals surface area contributed by atoms with E-state index >= 15 is 0 Å². The van der Waals surface area contributed by atoms with Gasteiger partial charge in [-0.2, -0.15) is 0 Å². The fourth-order valence-electron chi connectivity index (χ4n) is 1.41. The SMILES string of the molecule is COc1ccc2[nH]c[c]c2c1C. The van der Waals surface area contributed by atoms with Crippen LogP contribution in [0, 0.1) is 13.0 Å². The van der Waals surface area contributed by atoms with E-state index in [1.54, 1.807) is 7.11 Å². The molecule has 0 fully saturated rings. The van der Waals surface area contributed by atoms with E-state index in [9.17, 15) is 0 Å². The Labute approximate surface area is 71.2 Å². The maximum Gasteiger partial charge on any atom is 0.122 e. The van der Waals surface area contributed by atoms with Crippen molar-refractivity contribution in [3.05, 3.63) is 30.0 Å². The molecule has 0 amide bonds. The molecule has 0 aliphatic carbocycles. The molecule has 0 atom stereocenters. The van der Waals surface area contributed by atoms with Crippen LogP contribution >= 0.6 is 0 Å². The molecule has 0 saturated heterocycles. The number of aromatic nitrogens is 1. The summed E-state index contributed by atoms with van der Waals surface area (Å²) in [5.41, 5.74) is 2.24. The molecule has 1 aromatic heterocycles. The van der Waals surface area contributed by atoms with Gasteiger partial charge < -0.3 is 9.72 Å². The lowest BCUT2D eigenvalue weighted by Crippen LogP contribution is -1.86. The first kappa shape index (κ1) is 7.22. The van der Waals surface area contributed by atoms with Gasteiger partial charge in [-0.25, -0.2) is 0 Å². The number of fused-ring (bicyclic) bond motifs is 1. The number of ether oxygens (including phenoxy) is 1. The number of aryl methyl sites for hydroxylation is 1. The van der Waals surface area contributed by atoms with Gasteiger partial charge in [0.2, 0.25) is 0 Å². The van der Waals surface area contributed by atoms with E-state index < -0.39 is 0 Å². The summed E-state index contributed by atoms with van der Waals surface area (Å²) >= 11 is 0. The monoisotopic (exact) mass is 160 g/mol. The second-order valence-electron chi connectivity index (χ2n) is 2.75. The second-order valence-corrected chi connectivity index (χ2v) is 2.75. The number of rotatable bonds is 1. The summed E-state index contributed by atoms with van der Waals surface area (Å²) in [6, 6.07) is 7.08. The zero-order valence-corrected chi connectivity index (χ0v) is 7.14. The fraction of sp³-hybridized carbons (Fsp3) is 0.200. The molecular weight excluding hydrogens is 150 g/mol. The predicted molar refractivity (Wildman–Crippen MR) is 48.4 cm³/mol. The van der Waals surface area contributed by atoms with Crippen LogP contribution in [-0.4, -0.2) is 12.1 Å². The largest absolute Gasteiger partial charge is 0.496 e. The van der Waals surface area contributed by atoms with E-state index in [0.717, 1.165) is 22.2 Å². The Hall–Kier alpha value is -1.44. The first-order valence-corrected chi connectivity index (χ1v) is 3.85. The van der Waals surface area contributed by atoms with Crippen LogP contribution in [0.5, 0.6) is 5.75 Å². The van der Waals surface area contributed by atoms with Crippen LogP contribution in [-0.2, 0) is 0 Å². The quantitative estimate of drug-likeness (QED) is 0.680. The van der Waals surface area contributed by atoms with Crippen molar-refractivity contribution in [3.8, 4) is 5.75 Å². The number of benzene rings is 1. The van der Waals surface area contributed by atoms with Gasteiger partial charge in [0.25, 0.3) is 0 Å². The molecule has 2 nitrogen and oxygen atoms in total. The van der Waals surface area contributed by atoms with E-state index in [1.165, 1.54) is 0 Å². The highest BCUT2D eigenvalue weighted by Gasteiger charge is 2.03. The van der Waals surface area contributed by atoms with E-state index in [4.69, 9.17) is 4.74 Å². The standard InChI is InChI=1S/C10H10NO/c1-7-8-5-6-11-9(8)3-4-10(7)12-2/h3-4,6,11H,1-2H3. The number of nitrogens with one attached hydrogen (secondary N) is 1. The van der Waals surface area contributed by atoms with E-state index in [-0.39, 0.29) is 0 Å². The molecule has 2 aromatic rings.